The van der Waals surface area contributed by atoms with Gasteiger partial charge in [-0.3, -0.25) is 0 Å². The predicted molar refractivity (Wildman–Crippen MR) is 68.1 cm³/mol. The molecule has 1 unspecified atom stereocenters. The first-order valence-electron chi connectivity index (χ1n) is 5.39. The van der Waals surface area contributed by atoms with Gasteiger partial charge < -0.3 is 5.32 Å². The predicted octanol–water partition coefficient (Wildman–Crippen LogP) is 0.335. The maximum Gasteiger partial charge on any atom is 0.279 e. The van der Waals surface area contributed by atoms with E-state index in [1.165, 1.54) is 4.31 Å². The van der Waals surface area contributed by atoms with Crippen LogP contribution in [0.15, 0.2) is 0 Å². The molecule has 2 N–H and O–H groups in total. The molecule has 98 valence electrons. The van der Waals surface area contributed by atoms with Gasteiger partial charge in [-0.05, 0) is 33.2 Å². The van der Waals surface area contributed by atoms with Crippen molar-refractivity contribution >= 4 is 22.6 Å². The second-order valence-electron chi connectivity index (χ2n) is 4.26. The number of nitrogens with one attached hydrogen (secondary N) is 2. The van der Waals surface area contributed by atoms with Crippen LogP contribution >= 0.6 is 12.4 Å². The Morgan fingerprint density at radius 1 is 1.50 bits per heavy atom. The molecule has 1 atom stereocenters. The Kier molecular flexibility index (Phi) is 6.81. The van der Waals surface area contributed by atoms with Crippen molar-refractivity contribution < 1.29 is 8.42 Å². The third-order valence-corrected chi connectivity index (χ3v) is 4.49. The van der Waals surface area contributed by atoms with E-state index in [2.05, 4.69) is 10.0 Å². The van der Waals surface area contributed by atoms with E-state index in [4.69, 9.17) is 0 Å². The van der Waals surface area contributed by atoms with Gasteiger partial charge in [-0.15, -0.1) is 12.4 Å². The number of nitrogens with zero attached hydrogens (tertiary/aromatic N) is 1. The molecule has 1 saturated heterocycles. The molecule has 0 radical (unpaired) electrons. The fourth-order valence-corrected chi connectivity index (χ4v) is 2.69. The average molecular weight is 272 g/mol. The molecule has 7 heteroatoms. The van der Waals surface area contributed by atoms with Crippen LogP contribution in [0, 0.1) is 0 Å². The first-order chi connectivity index (χ1) is 6.93. The van der Waals surface area contributed by atoms with E-state index in [9.17, 15) is 8.42 Å². The molecule has 0 aliphatic carbocycles. The van der Waals surface area contributed by atoms with Crippen molar-refractivity contribution in [2.75, 3.05) is 20.1 Å². The van der Waals surface area contributed by atoms with Crippen LogP contribution in [0.2, 0.25) is 0 Å². The monoisotopic (exact) mass is 271 g/mol. The van der Waals surface area contributed by atoms with Crippen LogP contribution in [0.3, 0.4) is 0 Å². The van der Waals surface area contributed by atoms with E-state index < -0.39 is 10.2 Å². The minimum atomic E-state index is -3.30. The second-order valence-corrected chi connectivity index (χ2v) is 6.07. The Balaban J connectivity index is 0.00000225. The summed E-state index contributed by atoms with van der Waals surface area (Å²) in [5, 5.41) is 3.25. The molecule has 1 rings (SSSR count). The lowest BCUT2D eigenvalue weighted by molar-refractivity contribution is 0.399. The van der Waals surface area contributed by atoms with E-state index in [0.29, 0.717) is 12.6 Å². The summed E-state index contributed by atoms with van der Waals surface area (Å²) in [5.74, 6) is 0. The summed E-state index contributed by atoms with van der Waals surface area (Å²) in [6, 6.07) is 0.277. The fourth-order valence-electron chi connectivity index (χ4n) is 1.52. The van der Waals surface area contributed by atoms with E-state index >= 15 is 0 Å². The smallest absolute Gasteiger partial charge is 0.279 e. The zero-order valence-corrected chi connectivity index (χ0v) is 11.7. The molecular weight excluding hydrogens is 250 g/mol. The average Bonchev–Trinajstić information content (AvgIpc) is 2.66. The topological polar surface area (TPSA) is 61.4 Å². The van der Waals surface area contributed by atoms with Crippen molar-refractivity contribution in [3.8, 4) is 0 Å². The molecule has 1 heterocycles. The van der Waals surface area contributed by atoms with Crippen LogP contribution in [-0.4, -0.2) is 44.9 Å². The number of rotatable bonds is 5. The Hall–Kier alpha value is 0.120. The molecule has 0 aromatic rings. The summed E-state index contributed by atoms with van der Waals surface area (Å²) in [4.78, 5) is 0. The zero-order valence-electron chi connectivity index (χ0n) is 10.1. The Morgan fingerprint density at radius 2 is 2.12 bits per heavy atom. The molecule has 0 aromatic heterocycles. The third kappa shape index (κ3) is 4.55. The van der Waals surface area contributed by atoms with Crippen LogP contribution < -0.4 is 10.0 Å². The van der Waals surface area contributed by atoms with Crippen LogP contribution in [0.5, 0.6) is 0 Å². The zero-order chi connectivity index (χ0) is 11.5. The molecular formula is C9H22ClN3O2S. The van der Waals surface area contributed by atoms with Gasteiger partial charge in [-0.25, -0.2) is 4.72 Å². The standard InChI is InChI=1S/C9H21N3O2S.ClH/c1-8(2)12(3)15(13,14)11-7-9-5-4-6-10-9;/h8-11H,4-7H2,1-3H3;1H. The number of halogens is 1. The van der Waals surface area contributed by atoms with Crippen molar-refractivity contribution in [3.63, 3.8) is 0 Å². The molecule has 0 saturated carbocycles. The minimum absolute atomic E-state index is 0. The minimum Gasteiger partial charge on any atom is -0.313 e. The van der Waals surface area contributed by atoms with E-state index in [1.54, 1.807) is 7.05 Å². The summed E-state index contributed by atoms with van der Waals surface area (Å²) in [5.41, 5.74) is 0. The van der Waals surface area contributed by atoms with Crippen LogP contribution in [0.1, 0.15) is 26.7 Å². The Morgan fingerprint density at radius 3 is 2.56 bits per heavy atom. The highest BCUT2D eigenvalue weighted by molar-refractivity contribution is 7.87. The van der Waals surface area contributed by atoms with E-state index in [0.717, 1.165) is 19.4 Å². The number of hydrogen-bond acceptors (Lipinski definition) is 3. The Bertz CT molecular complexity index is 289. The third-order valence-electron chi connectivity index (χ3n) is 2.78. The molecule has 0 aromatic carbocycles. The Labute approximate surface area is 105 Å². The highest BCUT2D eigenvalue weighted by Gasteiger charge is 2.22. The summed E-state index contributed by atoms with van der Waals surface area (Å²) < 4.78 is 27.4. The maximum atomic E-state index is 11.7. The van der Waals surface area contributed by atoms with E-state index in [-0.39, 0.29) is 18.4 Å². The van der Waals surface area contributed by atoms with Crippen LogP contribution in [-0.2, 0) is 10.2 Å². The summed E-state index contributed by atoms with van der Waals surface area (Å²) in [6.07, 6.45) is 2.18. The van der Waals surface area contributed by atoms with Gasteiger partial charge >= 0.3 is 0 Å². The molecule has 16 heavy (non-hydrogen) atoms. The fraction of sp³-hybridized carbons (Fsp3) is 1.00. The van der Waals surface area contributed by atoms with Crippen molar-refractivity contribution in [1.29, 1.82) is 0 Å². The number of hydrogen-bond donors (Lipinski definition) is 2. The molecule has 0 spiro atoms. The largest absolute Gasteiger partial charge is 0.313 e. The lowest BCUT2D eigenvalue weighted by atomic mass is 10.2. The van der Waals surface area contributed by atoms with Crippen LogP contribution in [0.25, 0.3) is 0 Å². The lowest BCUT2D eigenvalue weighted by Crippen LogP contribution is -2.45. The summed E-state index contributed by atoms with van der Waals surface area (Å²) in [6.45, 7) is 5.19. The molecule has 1 fully saturated rings. The van der Waals surface area contributed by atoms with Gasteiger partial charge in [0.1, 0.15) is 0 Å². The summed E-state index contributed by atoms with van der Waals surface area (Å²) in [7, 11) is -1.71. The molecule has 1 aliphatic heterocycles. The second kappa shape index (κ2) is 6.76. The SMILES string of the molecule is CC(C)N(C)S(=O)(=O)NCC1CCCN1.Cl. The van der Waals surface area contributed by atoms with Gasteiger partial charge in [-0.1, -0.05) is 0 Å². The summed E-state index contributed by atoms with van der Waals surface area (Å²) >= 11 is 0. The molecule has 1 aliphatic rings. The van der Waals surface area contributed by atoms with Crippen molar-refractivity contribution in [2.45, 2.75) is 38.8 Å². The quantitative estimate of drug-likeness (QED) is 0.758. The maximum absolute atomic E-state index is 11.7. The molecule has 0 amide bonds. The first-order valence-corrected chi connectivity index (χ1v) is 6.83. The van der Waals surface area contributed by atoms with Gasteiger partial charge in [0.15, 0.2) is 0 Å². The van der Waals surface area contributed by atoms with Crippen LogP contribution in [0.4, 0.5) is 0 Å². The normalized spacial score (nSPS) is 21.4. The first kappa shape index (κ1) is 16.1. The lowest BCUT2D eigenvalue weighted by Gasteiger charge is -2.22. The van der Waals surface area contributed by atoms with Gasteiger partial charge in [0.25, 0.3) is 10.2 Å². The van der Waals surface area contributed by atoms with Gasteiger partial charge in [-0.2, -0.15) is 12.7 Å². The van der Waals surface area contributed by atoms with E-state index in [1.807, 2.05) is 13.8 Å². The van der Waals surface area contributed by atoms with Gasteiger partial charge in [0, 0.05) is 25.7 Å². The van der Waals surface area contributed by atoms with Crippen molar-refractivity contribution in [1.82, 2.24) is 14.3 Å². The molecule has 0 bridgehead atoms. The highest BCUT2D eigenvalue weighted by Crippen LogP contribution is 2.05. The van der Waals surface area contributed by atoms with Gasteiger partial charge in [0.05, 0.1) is 0 Å². The highest BCUT2D eigenvalue weighted by atomic mass is 35.5. The van der Waals surface area contributed by atoms with Crippen molar-refractivity contribution in [2.24, 2.45) is 0 Å². The molecule has 5 nitrogen and oxygen atoms in total. The van der Waals surface area contributed by atoms with Crippen molar-refractivity contribution in [3.05, 3.63) is 0 Å². The van der Waals surface area contributed by atoms with Gasteiger partial charge in [0.2, 0.25) is 0 Å².